The number of carbonyl (C=O) groups is 1. The maximum atomic E-state index is 10.1. The van der Waals surface area contributed by atoms with Crippen LogP contribution in [-0.2, 0) is 9.36 Å². The van der Waals surface area contributed by atoms with E-state index in [2.05, 4.69) is 35.7 Å². The van der Waals surface area contributed by atoms with E-state index in [-0.39, 0.29) is 0 Å². The number of anilines is 2. The molecule has 0 aliphatic heterocycles. The van der Waals surface area contributed by atoms with Crippen molar-refractivity contribution >= 4 is 25.5 Å². The van der Waals surface area contributed by atoms with E-state index < -0.39 is 26.4 Å². The predicted molar refractivity (Wildman–Crippen MR) is 74.1 cm³/mol. The molecule has 0 aliphatic carbocycles. The number of aromatic nitrogens is 6. The zero-order chi connectivity index (χ0) is 17.0. The number of aromatic amines is 2. The van der Waals surface area contributed by atoms with Gasteiger partial charge >= 0.3 is 13.6 Å². The van der Waals surface area contributed by atoms with Gasteiger partial charge in [0.15, 0.2) is 0 Å². The molecule has 0 unspecified atom stereocenters. The second-order valence-corrected chi connectivity index (χ2v) is 5.03. The van der Waals surface area contributed by atoms with Crippen LogP contribution in [0.3, 0.4) is 0 Å². The van der Waals surface area contributed by atoms with Crippen LogP contribution in [-0.4, -0.2) is 64.1 Å². The number of rotatable bonds is 4. The lowest BCUT2D eigenvalue weighted by Gasteiger charge is -2.02. The summed E-state index contributed by atoms with van der Waals surface area (Å²) in [4.78, 5) is 33.2. The minimum atomic E-state index is -4.10. The lowest BCUT2D eigenvalue weighted by Crippen LogP contribution is -2.23. The summed E-state index contributed by atoms with van der Waals surface area (Å²) in [6.07, 6.45) is 2.12. The molecule has 0 bridgehead atoms. The largest absolute Gasteiger partial charge is 0.480 e. The fourth-order valence-corrected chi connectivity index (χ4v) is 1.14. The van der Waals surface area contributed by atoms with Gasteiger partial charge in [0.05, 0.1) is 12.8 Å². The first-order valence-electron chi connectivity index (χ1n) is 5.39. The lowest BCUT2D eigenvalue weighted by molar-refractivity contribution is -0.135. The van der Waals surface area contributed by atoms with E-state index in [1.165, 1.54) is 12.7 Å². The highest BCUT2D eigenvalue weighted by atomic mass is 31.2. The van der Waals surface area contributed by atoms with Crippen LogP contribution in [0.25, 0.3) is 0 Å². The van der Waals surface area contributed by atoms with Gasteiger partial charge in [-0.25, -0.2) is 20.2 Å². The van der Waals surface area contributed by atoms with Gasteiger partial charge in [-0.1, -0.05) is 0 Å². The van der Waals surface area contributed by atoms with E-state index >= 15 is 0 Å². The van der Waals surface area contributed by atoms with Crippen LogP contribution in [0.15, 0.2) is 12.7 Å². The molecule has 0 spiro atoms. The Morgan fingerprint density at radius 1 is 1.18 bits per heavy atom. The average molecular weight is 337 g/mol. The molecule has 0 aromatic carbocycles. The number of carboxylic acid groups (broad SMARTS) is 1. The number of nitrogens with one attached hydrogen (secondary N) is 3. The Balaban J connectivity index is 0.000000315. The quantitative estimate of drug-likeness (QED) is 0.271. The lowest BCUT2D eigenvalue weighted by atomic mass is 10.7. The second-order valence-electron chi connectivity index (χ2n) is 3.38. The van der Waals surface area contributed by atoms with Crippen LogP contribution >= 0.6 is 7.60 Å². The van der Waals surface area contributed by atoms with Crippen LogP contribution in [0.2, 0.25) is 0 Å². The standard InChI is InChI=1S/C3H8NO5P.2C2H4N4/c5-3(6)1-4-2-10(7,8)9;2*3-2-4-1-5-6-2/h4H,1-2H2,(H,5,6)(H2,7,8,9);2*1H,(H3,3,4,5,6). The van der Waals surface area contributed by atoms with Crippen molar-refractivity contribution in [2.75, 3.05) is 24.3 Å². The zero-order valence-electron chi connectivity index (χ0n) is 11.1. The molecule has 22 heavy (non-hydrogen) atoms. The van der Waals surface area contributed by atoms with Gasteiger partial charge < -0.3 is 26.4 Å². The normalized spacial score (nSPS) is 9.91. The Kier molecular flexibility index (Phi) is 9.04. The second kappa shape index (κ2) is 10.2. The van der Waals surface area contributed by atoms with Gasteiger partial charge in [-0.05, 0) is 0 Å². The van der Waals surface area contributed by atoms with Crippen molar-refractivity contribution in [1.82, 2.24) is 35.7 Å². The molecule has 0 amide bonds. The first kappa shape index (κ1) is 19.5. The molecule has 0 saturated heterocycles. The fourth-order valence-electron chi connectivity index (χ4n) is 0.738. The third-order valence-electron chi connectivity index (χ3n) is 1.46. The van der Waals surface area contributed by atoms with E-state index in [9.17, 15) is 9.36 Å². The summed E-state index contributed by atoms with van der Waals surface area (Å²) in [5.41, 5.74) is 10.1. The van der Waals surface area contributed by atoms with E-state index in [0.717, 1.165) is 0 Å². The zero-order valence-corrected chi connectivity index (χ0v) is 12.0. The summed E-state index contributed by atoms with van der Waals surface area (Å²) in [7, 11) is -4.10. The van der Waals surface area contributed by atoms with Gasteiger partial charge in [0.1, 0.15) is 12.7 Å². The van der Waals surface area contributed by atoms with Crippen LogP contribution in [0.4, 0.5) is 11.9 Å². The van der Waals surface area contributed by atoms with Crippen molar-refractivity contribution in [1.29, 1.82) is 0 Å². The monoisotopic (exact) mass is 337 g/mol. The number of carboxylic acids is 1. The van der Waals surface area contributed by atoms with Crippen molar-refractivity contribution in [3.63, 3.8) is 0 Å². The summed E-state index contributed by atoms with van der Waals surface area (Å²) in [5, 5.41) is 21.8. The molecule has 14 nitrogen and oxygen atoms in total. The van der Waals surface area contributed by atoms with Crippen LogP contribution in [0.1, 0.15) is 0 Å². The Labute approximate surface area is 123 Å². The first-order valence-corrected chi connectivity index (χ1v) is 7.19. The maximum Gasteiger partial charge on any atom is 0.339 e. The maximum absolute atomic E-state index is 10.1. The molecule has 0 radical (unpaired) electrons. The predicted octanol–water partition coefficient (Wildman–Crippen LogP) is -2.43. The number of hydrogen-bond acceptors (Lipinski definition) is 9. The smallest absolute Gasteiger partial charge is 0.339 e. The molecule has 10 N–H and O–H groups in total. The Bertz CT molecular complexity index is 521. The highest BCUT2D eigenvalue weighted by Crippen LogP contribution is 2.31. The molecule has 0 saturated carbocycles. The topological polar surface area (TPSA) is 242 Å². The molecule has 0 atom stereocenters. The SMILES string of the molecule is Nc1ncn[nH]1.Nc1ncn[nH]1.O=C(O)CNCP(=O)(O)O. The van der Waals surface area contributed by atoms with Crippen LogP contribution in [0.5, 0.6) is 0 Å². The number of aliphatic carboxylic acids is 1. The van der Waals surface area contributed by atoms with E-state index in [4.69, 9.17) is 26.4 Å². The van der Waals surface area contributed by atoms with E-state index in [0.29, 0.717) is 11.9 Å². The van der Waals surface area contributed by atoms with Crippen LogP contribution in [0, 0.1) is 0 Å². The van der Waals surface area contributed by atoms with Crippen LogP contribution < -0.4 is 16.8 Å². The van der Waals surface area contributed by atoms with Gasteiger partial charge in [0, 0.05) is 0 Å². The number of nitrogens with two attached hydrogens (primary N) is 2. The van der Waals surface area contributed by atoms with E-state index in [1.807, 2.05) is 0 Å². The summed E-state index contributed by atoms with van der Waals surface area (Å²) in [6.45, 7) is -0.439. The number of nitrogen functional groups attached to an aromatic ring is 2. The number of H-pyrrole nitrogens is 2. The molecule has 0 fully saturated rings. The Morgan fingerprint density at radius 3 is 1.82 bits per heavy atom. The van der Waals surface area contributed by atoms with Crippen molar-refractivity contribution < 1.29 is 24.3 Å². The third kappa shape index (κ3) is 13.9. The highest BCUT2D eigenvalue weighted by molar-refractivity contribution is 7.51. The molecule has 2 heterocycles. The van der Waals surface area contributed by atoms with Gasteiger partial charge in [0.2, 0.25) is 11.9 Å². The van der Waals surface area contributed by atoms with E-state index in [1.54, 1.807) is 0 Å². The molecule has 0 aliphatic rings. The Morgan fingerprint density at radius 2 is 1.64 bits per heavy atom. The summed E-state index contributed by atoms with van der Waals surface area (Å²) in [5.74, 6) is -0.432. The molecule has 15 heteroatoms. The molecular formula is C7H16N9O5P. The first-order chi connectivity index (χ1) is 10.2. The summed E-state index contributed by atoms with van der Waals surface area (Å²) >= 11 is 0. The average Bonchev–Trinajstić information content (AvgIpc) is 3.02. The van der Waals surface area contributed by atoms with Gasteiger partial charge in [-0.15, -0.1) is 0 Å². The molecular weight excluding hydrogens is 321 g/mol. The van der Waals surface area contributed by atoms with Gasteiger partial charge in [-0.3, -0.25) is 14.7 Å². The fraction of sp³-hybridized carbons (Fsp3) is 0.286. The summed E-state index contributed by atoms with van der Waals surface area (Å²) < 4.78 is 10.1. The molecule has 124 valence electrons. The summed E-state index contributed by atoms with van der Waals surface area (Å²) in [6, 6.07) is 0. The molecule has 2 aromatic rings. The molecule has 2 aromatic heterocycles. The minimum absolute atomic E-state index is 0.356. The van der Waals surface area contributed by atoms with Crippen molar-refractivity contribution in [3.8, 4) is 0 Å². The number of hydrogen-bond donors (Lipinski definition) is 8. The molecule has 2 rings (SSSR count). The Hall–Kier alpha value is -2.54. The number of nitrogens with zero attached hydrogens (tertiary/aromatic N) is 4. The minimum Gasteiger partial charge on any atom is -0.480 e. The van der Waals surface area contributed by atoms with Gasteiger partial charge in [0.25, 0.3) is 0 Å². The van der Waals surface area contributed by atoms with Crippen molar-refractivity contribution in [3.05, 3.63) is 12.7 Å². The van der Waals surface area contributed by atoms with Gasteiger partial charge in [-0.2, -0.15) is 10.2 Å². The van der Waals surface area contributed by atoms with Crippen molar-refractivity contribution in [2.24, 2.45) is 0 Å². The van der Waals surface area contributed by atoms with Crippen molar-refractivity contribution in [2.45, 2.75) is 0 Å². The highest BCUT2D eigenvalue weighted by Gasteiger charge is 2.11. The third-order valence-corrected chi connectivity index (χ3v) is 2.10.